The lowest BCUT2D eigenvalue weighted by molar-refractivity contribution is -0.138. The van der Waals surface area contributed by atoms with Gasteiger partial charge in [-0.1, -0.05) is 0 Å². The molecule has 0 aromatic carbocycles. The van der Waals surface area contributed by atoms with Crippen molar-refractivity contribution >= 4 is 23.8 Å². The number of hydrogen-bond acceptors (Lipinski definition) is 6. The fraction of sp³-hybridized carbons (Fsp3) is 0.400. The maximum absolute atomic E-state index is 11.2. The molecular weight excluding hydrogens is 258 g/mol. The predicted octanol–water partition coefficient (Wildman–Crippen LogP) is -2.64. The lowest BCUT2D eigenvalue weighted by atomic mass is 10.3. The Labute approximate surface area is 108 Å². The van der Waals surface area contributed by atoms with Gasteiger partial charge in [0, 0.05) is 18.7 Å². The molecule has 0 heterocycles. The summed E-state index contributed by atoms with van der Waals surface area (Å²) in [5.41, 5.74) is 5.40. The molecular formula is C10H15N3O6. The first-order chi connectivity index (χ1) is 8.86. The van der Waals surface area contributed by atoms with Crippen LogP contribution in [0.1, 0.15) is 0 Å². The molecule has 0 saturated carbocycles. The zero-order valence-electron chi connectivity index (χ0n) is 10.2. The third-order valence-corrected chi connectivity index (χ3v) is 1.82. The number of esters is 1. The molecule has 0 fully saturated rings. The van der Waals surface area contributed by atoms with Crippen molar-refractivity contribution in [3.05, 3.63) is 12.2 Å². The largest absolute Gasteiger partial charge is 0.480 e. The highest BCUT2D eigenvalue weighted by atomic mass is 16.5. The zero-order valence-corrected chi connectivity index (χ0v) is 10.2. The van der Waals surface area contributed by atoms with Gasteiger partial charge >= 0.3 is 11.9 Å². The fourth-order valence-electron chi connectivity index (χ4n) is 0.868. The van der Waals surface area contributed by atoms with Gasteiger partial charge in [-0.25, -0.2) is 4.79 Å². The molecule has 9 nitrogen and oxygen atoms in total. The summed E-state index contributed by atoms with van der Waals surface area (Å²) >= 11 is 0. The Kier molecular flexibility index (Phi) is 7.54. The van der Waals surface area contributed by atoms with Crippen molar-refractivity contribution in [3.63, 3.8) is 0 Å². The van der Waals surface area contributed by atoms with Crippen LogP contribution in [0.2, 0.25) is 0 Å². The van der Waals surface area contributed by atoms with E-state index >= 15 is 0 Å². The molecule has 9 heteroatoms. The number of ether oxygens (including phenoxy) is 1. The van der Waals surface area contributed by atoms with E-state index in [1.807, 2.05) is 0 Å². The number of hydrogen-bond donors (Lipinski definition) is 4. The van der Waals surface area contributed by atoms with Crippen LogP contribution in [-0.2, 0) is 23.9 Å². The highest BCUT2D eigenvalue weighted by Crippen LogP contribution is 1.81. The minimum absolute atomic E-state index is 0.199. The summed E-state index contributed by atoms with van der Waals surface area (Å²) in [6, 6.07) is -1.09. The van der Waals surface area contributed by atoms with Crippen molar-refractivity contribution in [1.82, 2.24) is 10.6 Å². The first kappa shape index (κ1) is 16.6. The SMILES string of the molecule is COC(=O)/C=C/C(=O)NC[C@H](N)C(=O)NCC(=O)O. The summed E-state index contributed by atoms with van der Waals surface area (Å²) in [7, 11) is 1.16. The highest BCUT2D eigenvalue weighted by molar-refractivity contribution is 5.95. The number of methoxy groups -OCH3 is 1. The molecule has 0 unspecified atom stereocenters. The standard InChI is InChI=1S/C10H15N3O6/c1-19-9(17)3-2-7(14)12-4-6(11)10(18)13-5-8(15)16/h2-3,6H,4-5,11H2,1H3,(H,12,14)(H,13,18)(H,15,16)/b3-2+/t6-/m0/s1. The van der Waals surface area contributed by atoms with Crippen LogP contribution in [0.5, 0.6) is 0 Å². The second kappa shape index (κ2) is 8.64. The van der Waals surface area contributed by atoms with E-state index in [4.69, 9.17) is 10.8 Å². The number of amides is 2. The average Bonchev–Trinajstić information content (AvgIpc) is 2.38. The van der Waals surface area contributed by atoms with Crippen LogP contribution in [-0.4, -0.2) is 55.1 Å². The minimum Gasteiger partial charge on any atom is -0.480 e. The van der Waals surface area contributed by atoms with Crippen LogP contribution >= 0.6 is 0 Å². The molecule has 106 valence electrons. The minimum atomic E-state index is -1.20. The monoisotopic (exact) mass is 273 g/mol. The summed E-state index contributed by atoms with van der Waals surface area (Å²) < 4.78 is 4.27. The van der Waals surface area contributed by atoms with Crippen molar-refractivity contribution in [2.75, 3.05) is 20.2 Å². The van der Waals surface area contributed by atoms with Crippen LogP contribution in [0, 0.1) is 0 Å². The van der Waals surface area contributed by atoms with Crippen LogP contribution < -0.4 is 16.4 Å². The number of rotatable bonds is 7. The van der Waals surface area contributed by atoms with Gasteiger partial charge in [-0.2, -0.15) is 0 Å². The van der Waals surface area contributed by atoms with Gasteiger partial charge in [0.25, 0.3) is 0 Å². The van der Waals surface area contributed by atoms with E-state index in [9.17, 15) is 19.2 Å². The Morgan fingerprint density at radius 3 is 2.42 bits per heavy atom. The average molecular weight is 273 g/mol. The highest BCUT2D eigenvalue weighted by Gasteiger charge is 2.14. The summed E-state index contributed by atoms with van der Waals surface area (Å²) in [4.78, 5) is 43.3. The molecule has 0 radical (unpaired) electrons. The Bertz CT molecular complexity index is 393. The molecule has 0 bridgehead atoms. The van der Waals surface area contributed by atoms with Crippen molar-refractivity contribution in [2.45, 2.75) is 6.04 Å². The normalized spacial score (nSPS) is 11.7. The smallest absolute Gasteiger partial charge is 0.330 e. The molecule has 0 spiro atoms. The number of nitrogens with two attached hydrogens (primary N) is 1. The third-order valence-electron chi connectivity index (χ3n) is 1.82. The molecule has 2 amide bonds. The Morgan fingerprint density at radius 1 is 1.26 bits per heavy atom. The Morgan fingerprint density at radius 2 is 1.89 bits per heavy atom. The Balaban J connectivity index is 4.01. The van der Waals surface area contributed by atoms with Crippen molar-refractivity contribution < 1.29 is 29.0 Å². The maximum Gasteiger partial charge on any atom is 0.330 e. The quantitative estimate of drug-likeness (QED) is 0.292. The zero-order chi connectivity index (χ0) is 14.8. The second-order valence-corrected chi connectivity index (χ2v) is 3.32. The van der Waals surface area contributed by atoms with Gasteiger partial charge in [0.2, 0.25) is 11.8 Å². The van der Waals surface area contributed by atoms with Crippen LogP contribution in [0.15, 0.2) is 12.2 Å². The molecule has 0 aromatic heterocycles. The lowest BCUT2D eigenvalue weighted by Crippen LogP contribution is -2.48. The third kappa shape index (κ3) is 8.32. The van der Waals surface area contributed by atoms with Crippen LogP contribution in [0.4, 0.5) is 0 Å². The van der Waals surface area contributed by atoms with Gasteiger partial charge in [-0.05, 0) is 0 Å². The number of carboxylic acid groups (broad SMARTS) is 1. The van der Waals surface area contributed by atoms with Gasteiger partial charge in [0.05, 0.1) is 7.11 Å². The summed E-state index contributed by atoms with van der Waals surface area (Å²) in [6.45, 7) is -0.751. The molecule has 19 heavy (non-hydrogen) atoms. The summed E-state index contributed by atoms with van der Waals surface area (Å²) in [5.74, 6) is -3.24. The van der Waals surface area contributed by atoms with E-state index in [0.717, 1.165) is 19.3 Å². The van der Waals surface area contributed by atoms with Crippen molar-refractivity contribution in [2.24, 2.45) is 5.73 Å². The second-order valence-electron chi connectivity index (χ2n) is 3.32. The van der Waals surface area contributed by atoms with Gasteiger partial charge in [-0.3, -0.25) is 14.4 Å². The molecule has 0 saturated heterocycles. The lowest BCUT2D eigenvalue weighted by Gasteiger charge is -2.11. The van der Waals surface area contributed by atoms with E-state index in [2.05, 4.69) is 15.4 Å². The first-order valence-corrected chi connectivity index (χ1v) is 5.15. The molecule has 0 aliphatic rings. The topological polar surface area (TPSA) is 148 Å². The molecule has 0 aliphatic carbocycles. The summed E-state index contributed by atoms with van der Waals surface area (Å²) in [6.07, 6.45) is 1.83. The molecule has 1 atom stereocenters. The molecule has 5 N–H and O–H groups in total. The van der Waals surface area contributed by atoms with Crippen molar-refractivity contribution in [1.29, 1.82) is 0 Å². The molecule has 0 aliphatic heterocycles. The number of nitrogens with one attached hydrogen (secondary N) is 2. The summed E-state index contributed by atoms with van der Waals surface area (Å²) in [5, 5.41) is 12.7. The van der Waals surface area contributed by atoms with E-state index in [1.165, 1.54) is 0 Å². The Hall–Kier alpha value is -2.42. The number of carboxylic acids is 1. The van der Waals surface area contributed by atoms with Gasteiger partial charge in [0.1, 0.15) is 12.6 Å². The van der Waals surface area contributed by atoms with Crippen LogP contribution in [0.3, 0.4) is 0 Å². The number of carbonyl (C=O) groups excluding carboxylic acids is 3. The van der Waals surface area contributed by atoms with Crippen LogP contribution in [0.25, 0.3) is 0 Å². The number of carbonyl (C=O) groups is 4. The first-order valence-electron chi connectivity index (χ1n) is 5.15. The van der Waals surface area contributed by atoms with Gasteiger partial charge < -0.3 is 26.2 Å². The van der Waals surface area contributed by atoms with E-state index < -0.39 is 36.3 Å². The predicted molar refractivity (Wildman–Crippen MR) is 62.8 cm³/mol. The maximum atomic E-state index is 11.2. The van der Waals surface area contributed by atoms with E-state index in [0.29, 0.717) is 0 Å². The molecule has 0 aromatic rings. The van der Waals surface area contributed by atoms with Crippen molar-refractivity contribution in [3.8, 4) is 0 Å². The van der Waals surface area contributed by atoms with Gasteiger partial charge in [0.15, 0.2) is 0 Å². The fourth-order valence-corrected chi connectivity index (χ4v) is 0.868. The van der Waals surface area contributed by atoms with E-state index in [-0.39, 0.29) is 6.54 Å². The molecule has 0 rings (SSSR count). The van der Waals surface area contributed by atoms with E-state index in [1.54, 1.807) is 0 Å². The van der Waals surface area contributed by atoms with Gasteiger partial charge in [-0.15, -0.1) is 0 Å². The number of aliphatic carboxylic acids is 1.